The number of amides is 1. The van der Waals surface area contributed by atoms with Crippen molar-refractivity contribution in [1.82, 2.24) is 4.98 Å². The van der Waals surface area contributed by atoms with Crippen LogP contribution in [0.15, 0.2) is 42.5 Å². The number of para-hydroxylation sites is 1. The Labute approximate surface area is 147 Å². The van der Waals surface area contributed by atoms with Gasteiger partial charge in [0.05, 0.1) is 10.2 Å². The normalized spacial score (nSPS) is 11.1. The van der Waals surface area contributed by atoms with E-state index in [1.165, 1.54) is 35.6 Å². The topological polar surface area (TPSA) is 42.4 Å². The third-order valence-electron chi connectivity index (χ3n) is 3.73. The summed E-state index contributed by atoms with van der Waals surface area (Å²) in [6, 6.07) is 11.6. The molecule has 130 valence electrons. The Balaban J connectivity index is 1.88. The van der Waals surface area contributed by atoms with E-state index in [0.717, 1.165) is 15.8 Å². The molecule has 25 heavy (non-hydrogen) atoms. The fraction of sp³-hybridized carbons (Fsp3) is 0.222. The first kappa shape index (κ1) is 17.3. The first-order valence-electron chi connectivity index (χ1n) is 7.72. The summed E-state index contributed by atoms with van der Waals surface area (Å²) in [6.07, 6.45) is 0. The molecule has 0 unspecified atom stereocenters. The first-order valence-corrected chi connectivity index (χ1v) is 8.54. The molecule has 2 aromatic carbocycles. The minimum atomic E-state index is -2.89. The van der Waals surface area contributed by atoms with Crippen molar-refractivity contribution in [3.63, 3.8) is 0 Å². The maximum absolute atomic E-state index is 12.8. The molecule has 0 fully saturated rings. The van der Waals surface area contributed by atoms with Crippen LogP contribution in [0.25, 0.3) is 10.2 Å². The minimum absolute atomic E-state index is 0.0187. The molecule has 1 aromatic heterocycles. The highest BCUT2D eigenvalue weighted by Gasteiger charge is 2.20. The van der Waals surface area contributed by atoms with Gasteiger partial charge >= 0.3 is 6.61 Å². The van der Waals surface area contributed by atoms with E-state index in [1.807, 2.05) is 32.0 Å². The molecule has 0 atom stereocenters. The van der Waals surface area contributed by atoms with Crippen LogP contribution in [0.5, 0.6) is 5.75 Å². The van der Waals surface area contributed by atoms with E-state index in [0.29, 0.717) is 17.2 Å². The molecule has 1 heterocycles. The molecule has 0 aliphatic rings. The van der Waals surface area contributed by atoms with Gasteiger partial charge in [0.15, 0.2) is 5.13 Å². The van der Waals surface area contributed by atoms with Gasteiger partial charge in [0.1, 0.15) is 5.75 Å². The van der Waals surface area contributed by atoms with E-state index < -0.39 is 6.61 Å². The second-order valence-corrected chi connectivity index (χ2v) is 6.38. The Morgan fingerprint density at radius 3 is 2.56 bits per heavy atom. The van der Waals surface area contributed by atoms with Gasteiger partial charge in [0.2, 0.25) is 0 Å². The number of carbonyl (C=O) groups excluding carboxylic acids is 1. The number of carbonyl (C=O) groups is 1. The number of hydrogen-bond donors (Lipinski definition) is 0. The lowest BCUT2D eigenvalue weighted by molar-refractivity contribution is -0.0498. The van der Waals surface area contributed by atoms with Gasteiger partial charge in [-0.15, -0.1) is 0 Å². The summed E-state index contributed by atoms with van der Waals surface area (Å²) in [5.41, 5.74) is 2.32. The predicted octanol–water partition coefficient (Wildman–Crippen LogP) is 4.87. The van der Waals surface area contributed by atoms with Gasteiger partial charge in [-0.1, -0.05) is 23.5 Å². The lowest BCUT2D eigenvalue weighted by atomic mass is 10.2. The largest absolute Gasteiger partial charge is 0.435 e. The number of thiazole rings is 1. The molecular formula is C18H16F2N2O2S. The Kier molecular flexibility index (Phi) is 4.94. The van der Waals surface area contributed by atoms with Crippen molar-refractivity contribution in [3.8, 4) is 5.75 Å². The van der Waals surface area contributed by atoms with Crippen LogP contribution in [0.3, 0.4) is 0 Å². The van der Waals surface area contributed by atoms with Gasteiger partial charge in [-0.2, -0.15) is 8.78 Å². The summed E-state index contributed by atoms with van der Waals surface area (Å²) in [5.74, 6) is -0.215. The summed E-state index contributed by atoms with van der Waals surface area (Å²) >= 11 is 1.45. The summed E-state index contributed by atoms with van der Waals surface area (Å²) < 4.78 is 29.7. The summed E-state index contributed by atoms with van der Waals surface area (Å²) in [7, 11) is 0. The van der Waals surface area contributed by atoms with Crippen molar-refractivity contribution < 1.29 is 18.3 Å². The van der Waals surface area contributed by atoms with Crippen LogP contribution in [0.4, 0.5) is 13.9 Å². The smallest absolute Gasteiger partial charge is 0.387 e. The molecule has 0 aliphatic carbocycles. The van der Waals surface area contributed by atoms with Crippen LogP contribution in [0, 0.1) is 6.92 Å². The second kappa shape index (κ2) is 7.14. The summed E-state index contributed by atoms with van der Waals surface area (Å²) in [5, 5.41) is 0.615. The monoisotopic (exact) mass is 362 g/mol. The Hall–Kier alpha value is -2.54. The highest BCUT2D eigenvalue weighted by Crippen LogP contribution is 2.31. The maximum atomic E-state index is 12.8. The number of ether oxygens (including phenoxy) is 1. The standard InChI is InChI=1S/C18H16F2N2O2S/c1-3-22(18-21-15-11(2)5-4-6-14(15)25-18)16(23)12-7-9-13(10-8-12)24-17(19)20/h4-10,17H,3H2,1-2H3. The van der Waals surface area contributed by atoms with Crippen LogP contribution in [0.1, 0.15) is 22.8 Å². The number of anilines is 1. The van der Waals surface area contributed by atoms with Gasteiger partial charge < -0.3 is 4.74 Å². The number of alkyl halides is 2. The number of benzene rings is 2. The minimum Gasteiger partial charge on any atom is -0.435 e. The SMILES string of the molecule is CCN(C(=O)c1ccc(OC(F)F)cc1)c1nc2c(C)cccc2s1. The van der Waals surface area contributed by atoms with E-state index in [-0.39, 0.29) is 11.7 Å². The quantitative estimate of drug-likeness (QED) is 0.650. The van der Waals surface area contributed by atoms with Gasteiger partial charge in [0, 0.05) is 12.1 Å². The molecular weight excluding hydrogens is 346 g/mol. The van der Waals surface area contributed by atoms with E-state index in [4.69, 9.17) is 0 Å². The molecule has 0 saturated carbocycles. The third-order valence-corrected chi connectivity index (χ3v) is 4.77. The highest BCUT2D eigenvalue weighted by atomic mass is 32.1. The van der Waals surface area contributed by atoms with Crippen LogP contribution in [0.2, 0.25) is 0 Å². The maximum Gasteiger partial charge on any atom is 0.387 e. The molecule has 0 spiro atoms. The van der Waals surface area contributed by atoms with Crippen LogP contribution < -0.4 is 9.64 Å². The summed E-state index contributed by atoms with van der Waals surface area (Å²) in [4.78, 5) is 18.9. The van der Waals surface area contributed by atoms with Crippen molar-refractivity contribution >= 4 is 32.6 Å². The zero-order chi connectivity index (χ0) is 18.0. The highest BCUT2D eigenvalue weighted by molar-refractivity contribution is 7.22. The van der Waals surface area contributed by atoms with E-state index in [1.54, 1.807) is 4.90 Å². The molecule has 0 N–H and O–H groups in total. The number of fused-ring (bicyclic) bond motifs is 1. The molecule has 7 heteroatoms. The fourth-order valence-electron chi connectivity index (χ4n) is 2.49. The zero-order valence-electron chi connectivity index (χ0n) is 13.7. The van der Waals surface area contributed by atoms with Crippen molar-refractivity contribution in [2.75, 3.05) is 11.4 Å². The van der Waals surface area contributed by atoms with Crippen LogP contribution >= 0.6 is 11.3 Å². The number of halogens is 2. The molecule has 0 aliphatic heterocycles. The number of aromatic nitrogens is 1. The van der Waals surface area contributed by atoms with Crippen LogP contribution in [-0.4, -0.2) is 24.0 Å². The van der Waals surface area contributed by atoms with Gasteiger partial charge in [-0.3, -0.25) is 9.69 Å². The Morgan fingerprint density at radius 2 is 1.96 bits per heavy atom. The number of aryl methyl sites for hydroxylation is 1. The van der Waals surface area contributed by atoms with E-state index in [2.05, 4.69) is 9.72 Å². The van der Waals surface area contributed by atoms with Crippen molar-refractivity contribution in [1.29, 1.82) is 0 Å². The number of rotatable bonds is 5. The predicted molar refractivity (Wildman–Crippen MR) is 94.8 cm³/mol. The van der Waals surface area contributed by atoms with Gasteiger partial charge in [-0.05, 0) is 49.7 Å². The zero-order valence-corrected chi connectivity index (χ0v) is 14.5. The van der Waals surface area contributed by atoms with Crippen molar-refractivity contribution in [2.45, 2.75) is 20.5 Å². The second-order valence-electron chi connectivity index (χ2n) is 5.37. The van der Waals surface area contributed by atoms with Gasteiger partial charge in [-0.25, -0.2) is 4.98 Å². The van der Waals surface area contributed by atoms with Gasteiger partial charge in [0.25, 0.3) is 5.91 Å². The fourth-order valence-corrected chi connectivity index (χ4v) is 3.60. The molecule has 0 bridgehead atoms. The van der Waals surface area contributed by atoms with E-state index >= 15 is 0 Å². The number of nitrogens with zero attached hydrogens (tertiary/aromatic N) is 2. The molecule has 3 aromatic rings. The molecule has 0 radical (unpaired) electrons. The number of hydrogen-bond acceptors (Lipinski definition) is 4. The molecule has 0 saturated heterocycles. The lowest BCUT2D eigenvalue weighted by Gasteiger charge is -2.17. The average Bonchev–Trinajstić information content (AvgIpc) is 3.01. The van der Waals surface area contributed by atoms with Crippen LogP contribution in [-0.2, 0) is 0 Å². The third kappa shape index (κ3) is 3.61. The molecule has 1 amide bonds. The van der Waals surface area contributed by atoms with Crippen molar-refractivity contribution in [2.24, 2.45) is 0 Å². The average molecular weight is 362 g/mol. The summed E-state index contributed by atoms with van der Waals surface area (Å²) in [6.45, 7) is 1.41. The Morgan fingerprint density at radius 1 is 1.24 bits per heavy atom. The lowest BCUT2D eigenvalue weighted by Crippen LogP contribution is -2.30. The molecule has 3 rings (SSSR count). The molecule has 4 nitrogen and oxygen atoms in total. The van der Waals surface area contributed by atoms with Crippen molar-refractivity contribution in [3.05, 3.63) is 53.6 Å². The Bertz CT molecular complexity index is 894. The first-order chi connectivity index (χ1) is 12.0. The van der Waals surface area contributed by atoms with E-state index in [9.17, 15) is 13.6 Å².